The van der Waals surface area contributed by atoms with Gasteiger partial charge in [0.05, 0.1) is 6.54 Å². The van der Waals surface area contributed by atoms with Crippen LogP contribution in [0.3, 0.4) is 0 Å². The lowest BCUT2D eigenvalue weighted by molar-refractivity contribution is 0.596. The van der Waals surface area contributed by atoms with E-state index in [1.165, 1.54) is 4.68 Å². The molecule has 1 fully saturated rings. The summed E-state index contributed by atoms with van der Waals surface area (Å²) in [6, 6.07) is 16.8. The van der Waals surface area contributed by atoms with Gasteiger partial charge in [-0.25, -0.2) is 14.6 Å². The zero-order valence-electron chi connectivity index (χ0n) is 15.3. The Balaban J connectivity index is 1.46. The molecule has 140 valence electrons. The quantitative estimate of drug-likeness (QED) is 0.680. The van der Waals surface area contributed by atoms with Crippen molar-refractivity contribution >= 4 is 11.8 Å². The summed E-state index contributed by atoms with van der Waals surface area (Å²) in [6.07, 6.45) is 1.61. The molecule has 1 aliphatic rings. The smallest absolute Gasteiger partial charge is 0.267 e. The average molecular weight is 373 g/mol. The minimum absolute atomic E-state index is 0.118. The minimum atomic E-state index is -0.118. The van der Waals surface area contributed by atoms with E-state index in [1.54, 1.807) is 24.4 Å². The number of rotatable bonds is 4. The molecule has 3 heterocycles. The SMILES string of the molecule is N#Cc1ccnc(N2CCN(c3ccc(=O)n(Cc4ccccc4)n3)CC2)n1. The van der Waals surface area contributed by atoms with Crippen molar-refractivity contribution in [3.8, 4) is 6.07 Å². The number of hydrogen-bond acceptors (Lipinski definition) is 7. The molecule has 8 heteroatoms. The summed E-state index contributed by atoms with van der Waals surface area (Å²) < 4.78 is 1.50. The molecule has 3 aromatic rings. The van der Waals surface area contributed by atoms with Gasteiger partial charge in [0, 0.05) is 38.4 Å². The first-order chi connectivity index (χ1) is 13.7. The Hall–Kier alpha value is -3.73. The third-order valence-corrected chi connectivity index (χ3v) is 4.67. The zero-order chi connectivity index (χ0) is 19.3. The van der Waals surface area contributed by atoms with Crippen LogP contribution in [0.25, 0.3) is 0 Å². The van der Waals surface area contributed by atoms with E-state index in [2.05, 4.69) is 24.9 Å². The van der Waals surface area contributed by atoms with Gasteiger partial charge in [-0.1, -0.05) is 30.3 Å². The van der Waals surface area contributed by atoms with Gasteiger partial charge in [-0.05, 0) is 17.7 Å². The molecule has 0 amide bonds. The first-order valence-electron chi connectivity index (χ1n) is 9.08. The van der Waals surface area contributed by atoms with Crippen molar-refractivity contribution in [2.75, 3.05) is 36.0 Å². The fraction of sp³-hybridized carbons (Fsp3) is 0.250. The number of aromatic nitrogens is 4. The first-order valence-corrected chi connectivity index (χ1v) is 9.08. The van der Waals surface area contributed by atoms with Gasteiger partial charge in [-0.2, -0.15) is 10.4 Å². The van der Waals surface area contributed by atoms with Gasteiger partial charge in [0.1, 0.15) is 17.6 Å². The number of nitriles is 1. The molecule has 0 radical (unpaired) electrons. The van der Waals surface area contributed by atoms with Crippen molar-refractivity contribution in [1.82, 2.24) is 19.7 Å². The van der Waals surface area contributed by atoms with E-state index in [-0.39, 0.29) is 5.56 Å². The standard InChI is InChI=1S/C20H19N7O/c21-14-17-8-9-22-20(23-17)26-12-10-25(11-13-26)18-6-7-19(28)27(24-18)15-16-4-2-1-3-5-16/h1-9H,10-13,15H2. The lowest BCUT2D eigenvalue weighted by atomic mass is 10.2. The number of anilines is 2. The van der Waals surface area contributed by atoms with Crippen LogP contribution >= 0.6 is 0 Å². The van der Waals surface area contributed by atoms with Gasteiger partial charge in [0.15, 0.2) is 0 Å². The van der Waals surface area contributed by atoms with Crippen molar-refractivity contribution in [3.63, 3.8) is 0 Å². The van der Waals surface area contributed by atoms with E-state index in [0.29, 0.717) is 31.3 Å². The Bertz CT molecular complexity index is 1050. The van der Waals surface area contributed by atoms with Crippen LogP contribution in [0.5, 0.6) is 0 Å². The van der Waals surface area contributed by atoms with Crippen molar-refractivity contribution in [1.29, 1.82) is 5.26 Å². The van der Waals surface area contributed by atoms with Crippen molar-refractivity contribution < 1.29 is 0 Å². The molecule has 0 saturated carbocycles. The fourth-order valence-electron chi connectivity index (χ4n) is 3.18. The van der Waals surface area contributed by atoms with Gasteiger partial charge in [0.25, 0.3) is 5.56 Å². The molecule has 1 saturated heterocycles. The summed E-state index contributed by atoms with van der Waals surface area (Å²) in [4.78, 5) is 24.9. The van der Waals surface area contributed by atoms with E-state index < -0.39 is 0 Å². The predicted molar refractivity (Wildman–Crippen MR) is 105 cm³/mol. The van der Waals surface area contributed by atoms with E-state index in [1.807, 2.05) is 36.4 Å². The maximum absolute atomic E-state index is 12.2. The Morgan fingerprint density at radius 1 is 0.964 bits per heavy atom. The summed E-state index contributed by atoms with van der Waals surface area (Å²) in [5.41, 5.74) is 1.28. The van der Waals surface area contributed by atoms with Crippen molar-refractivity contribution in [2.45, 2.75) is 6.54 Å². The molecule has 0 atom stereocenters. The molecule has 8 nitrogen and oxygen atoms in total. The highest BCUT2D eigenvalue weighted by atomic mass is 16.1. The van der Waals surface area contributed by atoms with Crippen LogP contribution in [-0.4, -0.2) is 45.9 Å². The monoisotopic (exact) mass is 373 g/mol. The van der Waals surface area contributed by atoms with E-state index in [9.17, 15) is 4.79 Å². The summed E-state index contributed by atoms with van der Waals surface area (Å²) in [6.45, 7) is 3.35. The van der Waals surface area contributed by atoms with Gasteiger partial charge >= 0.3 is 0 Å². The highest BCUT2D eigenvalue weighted by molar-refractivity contribution is 5.42. The summed E-state index contributed by atoms with van der Waals surface area (Å²) in [5.74, 6) is 1.35. The largest absolute Gasteiger partial charge is 0.352 e. The molecule has 0 spiro atoms. The Labute approximate surface area is 162 Å². The summed E-state index contributed by atoms with van der Waals surface area (Å²) in [5, 5.41) is 13.6. The molecule has 1 aliphatic heterocycles. The number of hydrogen-bond donors (Lipinski definition) is 0. The van der Waals surface area contributed by atoms with Crippen molar-refractivity contribution in [2.24, 2.45) is 0 Å². The molecule has 0 aliphatic carbocycles. The van der Waals surface area contributed by atoms with Crippen LogP contribution in [0.4, 0.5) is 11.8 Å². The summed E-state index contributed by atoms with van der Waals surface area (Å²) >= 11 is 0. The van der Waals surface area contributed by atoms with Gasteiger partial charge in [-0.3, -0.25) is 4.79 Å². The minimum Gasteiger partial charge on any atom is -0.352 e. The normalized spacial score (nSPS) is 14.0. The lowest BCUT2D eigenvalue weighted by Crippen LogP contribution is -2.47. The molecule has 4 rings (SSSR count). The maximum atomic E-state index is 12.2. The maximum Gasteiger partial charge on any atom is 0.267 e. The second-order valence-corrected chi connectivity index (χ2v) is 6.50. The second kappa shape index (κ2) is 7.88. The Morgan fingerprint density at radius 2 is 1.71 bits per heavy atom. The highest BCUT2D eigenvalue weighted by Crippen LogP contribution is 2.15. The predicted octanol–water partition coefficient (Wildman–Crippen LogP) is 1.28. The molecule has 0 N–H and O–H groups in total. The molecule has 0 bridgehead atoms. The molecule has 2 aromatic heterocycles. The van der Waals surface area contributed by atoms with Crippen LogP contribution < -0.4 is 15.4 Å². The van der Waals surface area contributed by atoms with Gasteiger partial charge in [-0.15, -0.1) is 0 Å². The molecule has 0 unspecified atom stereocenters. The van der Waals surface area contributed by atoms with Crippen LogP contribution in [0.2, 0.25) is 0 Å². The fourth-order valence-corrected chi connectivity index (χ4v) is 3.18. The topological polar surface area (TPSA) is 90.9 Å². The third-order valence-electron chi connectivity index (χ3n) is 4.67. The highest BCUT2D eigenvalue weighted by Gasteiger charge is 2.20. The van der Waals surface area contributed by atoms with Gasteiger partial charge in [0.2, 0.25) is 5.95 Å². The first kappa shape index (κ1) is 17.7. The third kappa shape index (κ3) is 3.83. The molecular formula is C20H19N7O. The number of piperazine rings is 1. The lowest BCUT2D eigenvalue weighted by Gasteiger charge is -2.35. The molecule has 28 heavy (non-hydrogen) atoms. The van der Waals surface area contributed by atoms with Gasteiger partial charge < -0.3 is 9.80 Å². The second-order valence-electron chi connectivity index (χ2n) is 6.50. The van der Waals surface area contributed by atoms with E-state index in [4.69, 9.17) is 5.26 Å². The van der Waals surface area contributed by atoms with Crippen LogP contribution in [0.15, 0.2) is 59.5 Å². The van der Waals surface area contributed by atoms with Crippen LogP contribution in [-0.2, 0) is 6.54 Å². The Kier molecular flexibility index (Phi) is 4.97. The van der Waals surface area contributed by atoms with Crippen LogP contribution in [0.1, 0.15) is 11.3 Å². The Morgan fingerprint density at radius 3 is 2.46 bits per heavy atom. The average Bonchev–Trinajstić information content (AvgIpc) is 2.76. The summed E-state index contributed by atoms with van der Waals surface area (Å²) in [7, 11) is 0. The number of benzene rings is 1. The van der Waals surface area contributed by atoms with E-state index >= 15 is 0 Å². The zero-order valence-corrected chi connectivity index (χ0v) is 15.3. The van der Waals surface area contributed by atoms with Crippen molar-refractivity contribution in [3.05, 3.63) is 76.3 Å². The molecular weight excluding hydrogens is 354 g/mol. The number of nitrogens with zero attached hydrogens (tertiary/aromatic N) is 7. The van der Waals surface area contributed by atoms with Crippen LogP contribution in [0, 0.1) is 11.3 Å². The van der Waals surface area contributed by atoms with E-state index in [0.717, 1.165) is 24.5 Å². The molecule has 1 aromatic carbocycles.